The minimum atomic E-state index is 0.0418. The molecule has 1 atom stereocenters. The largest absolute Gasteiger partial charge is 0.409 e. The van der Waals surface area contributed by atoms with Crippen molar-refractivity contribution < 1.29 is 5.21 Å². The van der Waals surface area contributed by atoms with E-state index in [2.05, 4.69) is 29.3 Å². The second-order valence-corrected chi connectivity index (χ2v) is 5.56. The first-order chi connectivity index (χ1) is 8.53. The lowest BCUT2D eigenvalue weighted by atomic mass is 10.1. The van der Waals surface area contributed by atoms with E-state index in [-0.39, 0.29) is 5.84 Å². The molecule has 0 aromatic carbocycles. The minimum Gasteiger partial charge on any atom is -0.409 e. The Kier molecular flexibility index (Phi) is 3.52. The number of rotatable bonds is 5. The van der Waals surface area contributed by atoms with Crippen LogP contribution in [0.25, 0.3) is 0 Å². The van der Waals surface area contributed by atoms with Crippen molar-refractivity contribution in [1.29, 1.82) is 0 Å². The van der Waals surface area contributed by atoms with E-state index in [4.69, 9.17) is 10.9 Å². The highest BCUT2D eigenvalue weighted by molar-refractivity contribution is 5.95. The van der Waals surface area contributed by atoms with Gasteiger partial charge in [-0.15, -0.1) is 0 Å². The van der Waals surface area contributed by atoms with E-state index in [0.29, 0.717) is 11.1 Å². The molecule has 4 N–H and O–H groups in total. The fourth-order valence-corrected chi connectivity index (χ4v) is 2.09. The summed E-state index contributed by atoms with van der Waals surface area (Å²) in [5, 5.41) is 15.0. The molecule has 0 saturated heterocycles. The van der Waals surface area contributed by atoms with Crippen LogP contribution in [0, 0.1) is 11.3 Å². The minimum absolute atomic E-state index is 0.0418. The lowest BCUT2D eigenvalue weighted by molar-refractivity contribution is 0.318. The summed E-state index contributed by atoms with van der Waals surface area (Å²) in [6, 6.07) is 3.76. The van der Waals surface area contributed by atoms with Gasteiger partial charge in [0.15, 0.2) is 5.84 Å². The Balaban J connectivity index is 1.86. The number of nitrogens with zero attached hydrogens (tertiary/aromatic N) is 2. The maximum Gasteiger partial charge on any atom is 0.188 e. The fraction of sp³-hybridized carbons (Fsp3) is 0.538. The van der Waals surface area contributed by atoms with Crippen molar-refractivity contribution in [1.82, 2.24) is 10.3 Å². The van der Waals surface area contributed by atoms with Crippen LogP contribution >= 0.6 is 0 Å². The summed E-state index contributed by atoms with van der Waals surface area (Å²) in [5.41, 5.74) is 7.60. The van der Waals surface area contributed by atoms with Crippen LogP contribution in [0.2, 0.25) is 0 Å². The van der Waals surface area contributed by atoms with Gasteiger partial charge in [0.05, 0.1) is 0 Å². The molecule has 1 fully saturated rings. The standard InChI is InChI=1S/C13H20N4O/c1-13(2)6-10(13)8-15-7-9-3-4-16-11(5-9)12(14)17-18/h3-5,10,15,18H,6-8H2,1-2H3,(H2,14,17). The molecule has 0 bridgehead atoms. The third kappa shape index (κ3) is 2.98. The molecule has 1 aliphatic rings. The zero-order valence-electron chi connectivity index (χ0n) is 10.8. The quantitative estimate of drug-likeness (QED) is 0.317. The zero-order chi connectivity index (χ0) is 13.2. The molecule has 0 aliphatic heterocycles. The predicted octanol–water partition coefficient (Wildman–Crippen LogP) is 1.31. The molecular formula is C13H20N4O. The van der Waals surface area contributed by atoms with E-state index >= 15 is 0 Å². The lowest BCUT2D eigenvalue weighted by Crippen LogP contribution is -2.19. The van der Waals surface area contributed by atoms with Crippen molar-refractivity contribution in [2.75, 3.05) is 6.54 Å². The average molecular weight is 248 g/mol. The molecule has 1 aromatic rings. The number of hydrogen-bond acceptors (Lipinski definition) is 4. The summed E-state index contributed by atoms with van der Waals surface area (Å²) < 4.78 is 0. The third-order valence-electron chi connectivity index (χ3n) is 3.63. The number of oxime groups is 1. The van der Waals surface area contributed by atoms with Gasteiger partial charge in [0.2, 0.25) is 0 Å². The summed E-state index contributed by atoms with van der Waals surface area (Å²) in [6.45, 7) is 6.40. The van der Waals surface area contributed by atoms with Crippen LogP contribution in [0.3, 0.4) is 0 Å². The van der Waals surface area contributed by atoms with E-state index in [1.807, 2.05) is 12.1 Å². The van der Waals surface area contributed by atoms with Gasteiger partial charge >= 0.3 is 0 Å². The lowest BCUT2D eigenvalue weighted by Gasteiger charge is -2.07. The molecule has 0 spiro atoms. The van der Waals surface area contributed by atoms with E-state index in [0.717, 1.165) is 24.6 Å². The van der Waals surface area contributed by atoms with Gasteiger partial charge in [-0.3, -0.25) is 4.98 Å². The van der Waals surface area contributed by atoms with Gasteiger partial charge in [-0.05, 0) is 42.0 Å². The van der Waals surface area contributed by atoms with E-state index in [1.165, 1.54) is 6.42 Å². The first kappa shape index (κ1) is 12.8. The number of aromatic nitrogens is 1. The zero-order valence-corrected chi connectivity index (χ0v) is 10.8. The second kappa shape index (κ2) is 4.94. The summed E-state index contributed by atoms with van der Waals surface area (Å²) >= 11 is 0. The van der Waals surface area contributed by atoms with Crippen LogP contribution < -0.4 is 11.1 Å². The predicted molar refractivity (Wildman–Crippen MR) is 70.3 cm³/mol. The molecule has 1 heterocycles. The monoisotopic (exact) mass is 248 g/mol. The molecule has 5 heteroatoms. The van der Waals surface area contributed by atoms with Crippen LogP contribution in [-0.2, 0) is 6.54 Å². The number of pyridine rings is 1. The number of amidine groups is 1. The molecule has 1 saturated carbocycles. The first-order valence-corrected chi connectivity index (χ1v) is 6.16. The third-order valence-corrected chi connectivity index (χ3v) is 3.63. The molecule has 98 valence electrons. The fourth-order valence-electron chi connectivity index (χ4n) is 2.09. The van der Waals surface area contributed by atoms with Crippen molar-refractivity contribution in [3.63, 3.8) is 0 Å². The maximum absolute atomic E-state index is 8.60. The smallest absolute Gasteiger partial charge is 0.188 e. The molecule has 18 heavy (non-hydrogen) atoms. The van der Waals surface area contributed by atoms with Crippen molar-refractivity contribution in [3.8, 4) is 0 Å². The molecule has 0 amide bonds. The van der Waals surface area contributed by atoms with E-state index in [9.17, 15) is 0 Å². The van der Waals surface area contributed by atoms with Gasteiger partial charge in [-0.25, -0.2) is 0 Å². The Hall–Kier alpha value is -1.62. The van der Waals surface area contributed by atoms with Crippen LogP contribution in [0.4, 0.5) is 0 Å². The highest BCUT2D eigenvalue weighted by Crippen LogP contribution is 2.50. The van der Waals surface area contributed by atoms with E-state index < -0.39 is 0 Å². The molecule has 1 aliphatic carbocycles. The van der Waals surface area contributed by atoms with Crippen molar-refractivity contribution in [3.05, 3.63) is 29.6 Å². The SMILES string of the molecule is CC1(C)CC1CNCc1ccnc(/C(N)=N/O)c1. The van der Waals surface area contributed by atoms with Crippen LogP contribution in [0.15, 0.2) is 23.5 Å². The number of nitrogens with two attached hydrogens (primary N) is 1. The molecular weight excluding hydrogens is 228 g/mol. The summed E-state index contributed by atoms with van der Waals surface area (Å²) in [6.07, 6.45) is 2.97. The molecule has 5 nitrogen and oxygen atoms in total. The Morgan fingerprint density at radius 1 is 1.67 bits per heavy atom. The van der Waals surface area contributed by atoms with Gasteiger partial charge in [-0.2, -0.15) is 0 Å². The van der Waals surface area contributed by atoms with Gasteiger partial charge in [-0.1, -0.05) is 19.0 Å². The summed E-state index contributed by atoms with van der Waals surface area (Å²) in [4.78, 5) is 4.05. The Labute approximate surface area is 107 Å². The van der Waals surface area contributed by atoms with Gasteiger partial charge in [0, 0.05) is 12.7 Å². The highest BCUT2D eigenvalue weighted by atomic mass is 16.4. The molecule has 2 rings (SSSR count). The molecule has 1 aromatic heterocycles. The Bertz CT molecular complexity index is 456. The Morgan fingerprint density at radius 2 is 2.39 bits per heavy atom. The maximum atomic E-state index is 8.60. The Morgan fingerprint density at radius 3 is 3.00 bits per heavy atom. The number of hydrogen-bond donors (Lipinski definition) is 3. The normalized spacial score (nSPS) is 21.9. The topological polar surface area (TPSA) is 83.5 Å². The van der Waals surface area contributed by atoms with Gasteiger partial charge < -0.3 is 16.3 Å². The van der Waals surface area contributed by atoms with Crippen molar-refractivity contribution in [2.24, 2.45) is 22.2 Å². The van der Waals surface area contributed by atoms with Gasteiger partial charge in [0.25, 0.3) is 0 Å². The van der Waals surface area contributed by atoms with Crippen LogP contribution in [0.5, 0.6) is 0 Å². The van der Waals surface area contributed by atoms with Gasteiger partial charge in [0.1, 0.15) is 5.69 Å². The molecule has 0 radical (unpaired) electrons. The van der Waals surface area contributed by atoms with Crippen molar-refractivity contribution >= 4 is 5.84 Å². The average Bonchev–Trinajstić information content (AvgIpc) is 2.96. The van der Waals surface area contributed by atoms with Crippen LogP contribution in [-0.4, -0.2) is 22.6 Å². The molecule has 1 unspecified atom stereocenters. The van der Waals surface area contributed by atoms with Crippen LogP contribution in [0.1, 0.15) is 31.5 Å². The van der Waals surface area contributed by atoms with E-state index in [1.54, 1.807) is 6.20 Å². The highest BCUT2D eigenvalue weighted by Gasteiger charge is 2.44. The van der Waals surface area contributed by atoms with Crippen molar-refractivity contribution in [2.45, 2.75) is 26.8 Å². The second-order valence-electron chi connectivity index (χ2n) is 5.56. The summed E-state index contributed by atoms with van der Waals surface area (Å²) in [5.74, 6) is 0.822. The number of nitrogens with one attached hydrogen (secondary N) is 1. The summed E-state index contributed by atoms with van der Waals surface area (Å²) in [7, 11) is 0. The first-order valence-electron chi connectivity index (χ1n) is 6.16.